The van der Waals surface area contributed by atoms with Gasteiger partial charge in [-0.2, -0.15) is 0 Å². The van der Waals surface area contributed by atoms with E-state index in [9.17, 15) is 4.79 Å². The standard InChI is InChI=1S/C12H25N3O/c1-3-15(4-2)12(16)11-13-7-10-14-8-5-6-9-14/h13H,3-11H2,1-2H3. The molecule has 4 nitrogen and oxygen atoms in total. The Bertz CT molecular complexity index is 198. The zero-order chi connectivity index (χ0) is 11.8. The molecule has 16 heavy (non-hydrogen) atoms. The minimum absolute atomic E-state index is 0.214. The van der Waals surface area contributed by atoms with E-state index in [0.717, 1.165) is 26.2 Å². The first kappa shape index (κ1) is 13.5. The van der Waals surface area contributed by atoms with Crippen LogP contribution in [0.25, 0.3) is 0 Å². The van der Waals surface area contributed by atoms with Crippen molar-refractivity contribution < 1.29 is 4.79 Å². The molecule has 1 rings (SSSR count). The quantitative estimate of drug-likeness (QED) is 0.645. The molecule has 0 aromatic rings. The zero-order valence-corrected chi connectivity index (χ0v) is 10.7. The Morgan fingerprint density at radius 3 is 2.44 bits per heavy atom. The zero-order valence-electron chi connectivity index (χ0n) is 10.7. The van der Waals surface area contributed by atoms with E-state index in [2.05, 4.69) is 10.2 Å². The lowest BCUT2D eigenvalue weighted by molar-refractivity contribution is -0.129. The molecule has 1 aliphatic rings. The molecular formula is C12H25N3O. The van der Waals surface area contributed by atoms with Crippen LogP contribution in [0.3, 0.4) is 0 Å². The normalized spacial score (nSPS) is 16.6. The number of hydrogen-bond donors (Lipinski definition) is 1. The molecule has 4 heteroatoms. The van der Waals surface area contributed by atoms with Gasteiger partial charge in [0, 0.05) is 26.2 Å². The van der Waals surface area contributed by atoms with Crippen molar-refractivity contribution in [2.75, 3.05) is 45.8 Å². The minimum Gasteiger partial charge on any atom is -0.342 e. The van der Waals surface area contributed by atoms with E-state index < -0.39 is 0 Å². The number of rotatable bonds is 7. The molecule has 0 atom stereocenters. The lowest BCUT2D eigenvalue weighted by Gasteiger charge is -2.19. The number of nitrogens with zero attached hydrogens (tertiary/aromatic N) is 2. The van der Waals surface area contributed by atoms with Gasteiger partial charge in [-0.1, -0.05) is 0 Å². The summed E-state index contributed by atoms with van der Waals surface area (Å²) < 4.78 is 0. The smallest absolute Gasteiger partial charge is 0.236 e. The van der Waals surface area contributed by atoms with E-state index in [0.29, 0.717) is 6.54 Å². The van der Waals surface area contributed by atoms with Gasteiger partial charge < -0.3 is 15.1 Å². The molecule has 0 radical (unpaired) electrons. The van der Waals surface area contributed by atoms with Crippen molar-refractivity contribution in [3.8, 4) is 0 Å². The number of amides is 1. The van der Waals surface area contributed by atoms with Crippen molar-refractivity contribution in [2.24, 2.45) is 0 Å². The van der Waals surface area contributed by atoms with Gasteiger partial charge >= 0.3 is 0 Å². The first-order valence-electron chi connectivity index (χ1n) is 6.48. The van der Waals surface area contributed by atoms with Gasteiger partial charge in [0.1, 0.15) is 0 Å². The fraction of sp³-hybridized carbons (Fsp3) is 0.917. The third-order valence-corrected chi connectivity index (χ3v) is 3.20. The Morgan fingerprint density at radius 1 is 1.25 bits per heavy atom. The van der Waals surface area contributed by atoms with Crippen LogP contribution >= 0.6 is 0 Å². The van der Waals surface area contributed by atoms with E-state index in [-0.39, 0.29) is 5.91 Å². The van der Waals surface area contributed by atoms with Crippen molar-refractivity contribution in [2.45, 2.75) is 26.7 Å². The third kappa shape index (κ3) is 4.49. The summed E-state index contributed by atoms with van der Waals surface area (Å²) in [7, 11) is 0. The van der Waals surface area contributed by atoms with Gasteiger partial charge in [0.05, 0.1) is 6.54 Å². The largest absolute Gasteiger partial charge is 0.342 e. The molecule has 0 bridgehead atoms. The maximum absolute atomic E-state index is 11.7. The van der Waals surface area contributed by atoms with E-state index in [4.69, 9.17) is 0 Å². The predicted molar refractivity (Wildman–Crippen MR) is 66.5 cm³/mol. The van der Waals surface area contributed by atoms with E-state index in [1.54, 1.807) is 0 Å². The summed E-state index contributed by atoms with van der Waals surface area (Å²) >= 11 is 0. The molecule has 1 heterocycles. The molecule has 1 saturated heterocycles. The van der Waals surface area contributed by atoms with Gasteiger partial charge in [-0.25, -0.2) is 0 Å². The van der Waals surface area contributed by atoms with E-state index in [1.165, 1.54) is 25.9 Å². The summed E-state index contributed by atoms with van der Waals surface area (Å²) in [5.41, 5.74) is 0. The molecule has 1 amide bonds. The Kier molecular flexibility index (Phi) is 6.42. The summed E-state index contributed by atoms with van der Waals surface area (Å²) in [6, 6.07) is 0. The van der Waals surface area contributed by atoms with E-state index >= 15 is 0 Å². The van der Waals surface area contributed by atoms with Crippen LogP contribution in [0, 0.1) is 0 Å². The number of nitrogens with one attached hydrogen (secondary N) is 1. The number of likely N-dealkylation sites (tertiary alicyclic amines) is 1. The highest BCUT2D eigenvalue weighted by atomic mass is 16.2. The molecule has 1 aliphatic heterocycles. The molecule has 94 valence electrons. The highest BCUT2D eigenvalue weighted by Gasteiger charge is 2.11. The first-order chi connectivity index (χ1) is 7.77. The van der Waals surface area contributed by atoms with Crippen molar-refractivity contribution in [3.63, 3.8) is 0 Å². The van der Waals surface area contributed by atoms with Gasteiger partial charge in [-0.3, -0.25) is 4.79 Å². The molecule has 0 unspecified atom stereocenters. The highest BCUT2D eigenvalue weighted by Crippen LogP contribution is 2.05. The van der Waals surface area contributed by atoms with Crippen molar-refractivity contribution in [3.05, 3.63) is 0 Å². The second kappa shape index (κ2) is 7.63. The molecule has 0 aliphatic carbocycles. The Labute approximate surface area is 99.0 Å². The summed E-state index contributed by atoms with van der Waals surface area (Å²) in [6.07, 6.45) is 2.66. The van der Waals surface area contributed by atoms with Gasteiger partial charge in [-0.15, -0.1) is 0 Å². The summed E-state index contributed by atoms with van der Waals surface area (Å²) in [6.45, 7) is 10.6. The van der Waals surface area contributed by atoms with Crippen LogP contribution < -0.4 is 5.32 Å². The molecule has 0 saturated carbocycles. The predicted octanol–water partition coefficient (Wildman–Crippen LogP) is 0.540. The fourth-order valence-corrected chi connectivity index (χ4v) is 2.13. The molecule has 0 aromatic heterocycles. The highest BCUT2D eigenvalue weighted by molar-refractivity contribution is 5.78. The Hall–Kier alpha value is -0.610. The van der Waals surface area contributed by atoms with Crippen LogP contribution in [0.1, 0.15) is 26.7 Å². The molecule has 1 fully saturated rings. The van der Waals surface area contributed by atoms with Gasteiger partial charge in [0.25, 0.3) is 0 Å². The Morgan fingerprint density at radius 2 is 1.88 bits per heavy atom. The van der Waals surface area contributed by atoms with Crippen LogP contribution in [0.2, 0.25) is 0 Å². The topological polar surface area (TPSA) is 35.6 Å². The summed E-state index contributed by atoms with van der Waals surface area (Å²) in [5.74, 6) is 0.214. The van der Waals surface area contributed by atoms with Crippen molar-refractivity contribution in [1.82, 2.24) is 15.1 Å². The SMILES string of the molecule is CCN(CC)C(=O)CNCCN1CCCC1. The Balaban J connectivity index is 2.03. The molecular weight excluding hydrogens is 202 g/mol. The van der Waals surface area contributed by atoms with Crippen molar-refractivity contribution in [1.29, 1.82) is 0 Å². The van der Waals surface area contributed by atoms with Crippen LogP contribution in [0.15, 0.2) is 0 Å². The van der Waals surface area contributed by atoms with Gasteiger partial charge in [0.2, 0.25) is 5.91 Å². The van der Waals surface area contributed by atoms with E-state index in [1.807, 2.05) is 18.7 Å². The second-order valence-corrected chi connectivity index (χ2v) is 4.29. The second-order valence-electron chi connectivity index (χ2n) is 4.29. The molecule has 1 N–H and O–H groups in total. The monoisotopic (exact) mass is 227 g/mol. The first-order valence-corrected chi connectivity index (χ1v) is 6.48. The average Bonchev–Trinajstić information content (AvgIpc) is 2.79. The summed E-state index contributed by atoms with van der Waals surface area (Å²) in [5, 5.41) is 3.23. The van der Waals surface area contributed by atoms with Crippen LogP contribution in [0.4, 0.5) is 0 Å². The lowest BCUT2D eigenvalue weighted by atomic mass is 10.4. The maximum atomic E-state index is 11.7. The number of carbonyl (C=O) groups is 1. The number of carbonyl (C=O) groups excluding carboxylic acids is 1. The summed E-state index contributed by atoms with van der Waals surface area (Å²) in [4.78, 5) is 16.0. The molecule has 0 aromatic carbocycles. The van der Waals surface area contributed by atoms with Gasteiger partial charge in [0.15, 0.2) is 0 Å². The van der Waals surface area contributed by atoms with Crippen molar-refractivity contribution >= 4 is 5.91 Å². The average molecular weight is 227 g/mol. The van der Waals surface area contributed by atoms with Crippen LogP contribution in [0.5, 0.6) is 0 Å². The number of likely N-dealkylation sites (N-methyl/N-ethyl adjacent to an activating group) is 1. The maximum Gasteiger partial charge on any atom is 0.236 e. The third-order valence-electron chi connectivity index (χ3n) is 3.20. The fourth-order valence-electron chi connectivity index (χ4n) is 2.13. The molecule has 0 spiro atoms. The number of hydrogen-bond acceptors (Lipinski definition) is 3. The van der Waals surface area contributed by atoms with Gasteiger partial charge in [-0.05, 0) is 39.8 Å². The van der Waals surface area contributed by atoms with Crippen LogP contribution in [-0.4, -0.2) is 61.5 Å². The van der Waals surface area contributed by atoms with Crippen LogP contribution in [-0.2, 0) is 4.79 Å². The lowest BCUT2D eigenvalue weighted by Crippen LogP contribution is -2.40. The minimum atomic E-state index is 0.214.